The van der Waals surface area contributed by atoms with E-state index in [1.165, 1.54) is 22.3 Å². The maximum atomic E-state index is 3.63. The second-order valence-electron chi connectivity index (χ2n) is 3.38. The average molecular weight is 175 g/mol. The average Bonchev–Trinajstić information content (AvgIpc) is 2.13. The smallest absolute Gasteiger partial charge is 0.0397 e. The Morgan fingerprint density at radius 2 is 1.92 bits per heavy atom. The van der Waals surface area contributed by atoms with Crippen molar-refractivity contribution in [3.63, 3.8) is 0 Å². The van der Waals surface area contributed by atoms with Crippen LogP contribution in [0.1, 0.15) is 22.3 Å². The number of aryl methyl sites for hydroxylation is 1. The Bertz CT molecular complexity index is 313. The molecule has 70 valence electrons. The fourth-order valence-corrected chi connectivity index (χ4v) is 1.39. The number of rotatable bonds is 3. The first kappa shape index (κ1) is 9.85. The summed E-state index contributed by atoms with van der Waals surface area (Å²) < 4.78 is 0. The topological polar surface area (TPSA) is 12.0 Å². The Balaban J connectivity index is 2.96. The summed E-state index contributed by atoms with van der Waals surface area (Å²) in [5.74, 6) is 0. The highest BCUT2D eigenvalue weighted by atomic mass is 14.8. The minimum atomic E-state index is 0.871. The highest BCUT2D eigenvalue weighted by Gasteiger charge is 2.01. The number of nitrogens with one attached hydrogen (secondary N) is 1. The summed E-state index contributed by atoms with van der Waals surface area (Å²) >= 11 is 0. The lowest BCUT2D eigenvalue weighted by Gasteiger charge is -2.10. The molecule has 0 saturated carbocycles. The van der Waals surface area contributed by atoms with Crippen molar-refractivity contribution >= 4 is 0 Å². The molecule has 0 aliphatic heterocycles. The van der Waals surface area contributed by atoms with Crippen molar-refractivity contribution in [3.8, 4) is 0 Å². The standard InChI is InChI=1S/C12H17N/c1-5-13-8-12-7-6-9(2)10(3)11(12)4/h5-7,13H,1,8H2,2-4H3. The van der Waals surface area contributed by atoms with Gasteiger partial charge in [0, 0.05) is 6.54 Å². The third kappa shape index (κ3) is 2.11. The van der Waals surface area contributed by atoms with Gasteiger partial charge in [-0.05, 0) is 49.2 Å². The van der Waals surface area contributed by atoms with Gasteiger partial charge in [0.1, 0.15) is 0 Å². The van der Waals surface area contributed by atoms with Crippen molar-refractivity contribution in [2.24, 2.45) is 0 Å². The molecule has 0 radical (unpaired) electrons. The molecule has 0 amide bonds. The lowest BCUT2D eigenvalue weighted by Crippen LogP contribution is -2.06. The van der Waals surface area contributed by atoms with Crippen molar-refractivity contribution in [3.05, 3.63) is 47.2 Å². The molecule has 1 nitrogen and oxygen atoms in total. The summed E-state index contributed by atoms with van der Waals surface area (Å²) in [5.41, 5.74) is 5.49. The Morgan fingerprint density at radius 3 is 2.54 bits per heavy atom. The molecule has 0 fully saturated rings. The van der Waals surface area contributed by atoms with E-state index in [1.54, 1.807) is 6.20 Å². The van der Waals surface area contributed by atoms with Crippen LogP contribution >= 0.6 is 0 Å². The van der Waals surface area contributed by atoms with E-state index in [0.717, 1.165) is 6.54 Å². The molecule has 0 saturated heterocycles. The van der Waals surface area contributed by atoms with Crippen LogP contribution in [0.5, 0.6) is 0 Å². The zero-order valence-corrected chi connectivity index (χ0v) is 8.65. The predicted octanol–water partition coefficient (Wildman–Crippen LogP) is 2.84. The molecule has 0 spiro atoms. The van der Waals surface area contributed by atoms with Gasteiger partial charge in [-0.3, -0.25) is 0 Å². The van der Waals surface area contributed by atoms with E-state index in [-0.39, 0.29) is 0 Å². The van der Waals surface area contributed by atoms with Crippen molar-refractivity contribution in [1.29, 1.82) is 0 Å². The third-order valence-corrected chi connectivity index (χ3v) is 2.61. The highest BCUT2D eigenvalue weighted by molar-refractivity contribution is 5.38. The SMILES string of the molecule is C=CNCc1ccc(C)c(C)c1C. The second-order valence-corrected chi connectivity index (χ2v) is 3.38. The molecule has 0 aliphatic rings. The van der Waals surface area contributed by atoms with Crippen LogP contribution < -0.4 is 5.32 Å². The molecule has 0 unspecified atom stereocenters. The maximum absolute atomic E-state index is 3.63. The molecular formula is C12H17N. The van der Waals surface area contributed by atoms with Crippen LogP contribution in [-0.4, -0.2) is 0 Å². The van der Waals surface area contributed by atoms with Gasteiger partial charge < -0.3 is 5.32 Å². The van der Waals surface area contributed by atoms with Gasteiger partial charge in [0.2, 0.25) is 0 Å². The number of benzene rings is 1. The monoisotopic (exact) mass is 175 g/mol. The fourth-order valence-electron chi connectivity index (χ4n) is 1.39. The van der Waals surface area contributed by atoms with Crippen molar-refractivity contribution in [2.45, 2.75) is 27.3 Å². The van der Waals surface area contributed by atoms with Gasteiger partial charge in [0.25, 0.3) is 0 Å². The largest absolute Gasteiger partial charge is 0.387 e. The van der Waals surface area contributed by atoms with Crippen molar-refractivity contribution in [1.82, 2.24) is 5.32 Å². The van der Waals surface area contributed by atoms with Crippen LogP contribution in [0.15, 0.2) is 24.9 Å². The first-order valence-corrected chi connectivity index (χ1v) is 4.56. The van der Waals surface area contributed by atoms with Crippen LogP contribution in [0.2, 0.25) is 0 Å². The van der Waals surface area contributed by atoms with E-state index in [1.807, 2.05) is 0 Å². The van der Waals surface area contributed by atoms with Crippen LogP contribution in [0.3, 0.4) is 0 Å². The molecule has 0 atom stereocenters. The quantitative estimate of drug-likeness (QED) is 0.745. The van der Waals surface area contributed by atoms with Gasteiger partial charge in [-0.2, -0.15) is 0 Å². The first-order valence-electron chi connectivity index (χ1n) is 4.56. The fraction of sp³-hybridized carbons (Fsp3) is 0.333. The molecule has 0 aliphatic carbocycles. The first-order chi connectivity index (χ1) is 6.16. The molecule has 1 aromatic rings. The molecule has 1 aromatic carbocycles. The lowest BCUT2D eigenvalue weighted by molar-refractivity contribution is 0.861. The molecular weight excluding hydrogens is 158 g/mol. The summed E-state index contributed by atoms with van der Waals surface area (Å²) in [6.07, 6.45) is 1.73. The molecule has 1 rings (SSSR count). The minimum Gasteiger partial charge on any atom is -0.387 e. The van der Waals surface area contributed by atoms with Gasteiger partial charge in [-0.25, -0.2) is 0 Å². The van der Waals surface area contributed by atoms with E-state index >= 15 is 0 Å². The summed E-state index contributed by atoms with van der Waals surface area (Å²) in [4.78, 5) is 0. The van der Waals surface area contributed by atoms with Gasteiger partial charge >= 0.3 is 0 Å². The van der Waals surface area contributed by atoms with Gasteiger partial charge in [0.05, 0.1) is 0 Å². The summed E-state index contributed by atoms with van der Waals surface area (Å²) in [6.45, 7) is 11.0. The van der Waals surface area contributed by atoms with E-state index < -0.39 is 0 Å². The Morgan fingerprint density at radius 1 is 1.23 bits per heavy atom. The molecule has 0 bridgehead atoms. The van der Waals surface area contributed by atoms with Crippen LogP contribution in [0.25, 0.3) is 0 Å². The van der Waals surface area contributed by atoms with E-state index in [2.05, 4.69) is 44.8 Å². The van der Waals surface area contributed by atoms with Gasteiger partial charge in [0.15, 0.2) is 0 Å². The Kier molecular flexibility index (Phi) is 3.13. The third-order valence-electron chi connectivity index (χ3n) is 2.61. The van der Waals surface area contributed by atoms with E-state index in [9.17, 15) is 0 Å². The normalized spacial score (nSPS) is 9.77. The molecule has 1 N–H and O–H groups in total. The van der Waals surface area contributed by atoms with E-state index in [4.69, 9.17) is 0 Å². The molecule has 0 aromatic heterocycles. The number of hydrogen-bond acceptors (Lipinski definition) is 1. The zero-order chi connectivity index (χ0) is 9.84. The molecule has 1 heteroatoms. The summed E-state index contributed by atoms with van der Waals surface area (Å²) in [5, 5.41) is 3.12. The Hall–Kier alpha value is -1.24. The van der Waals surface area contributed by atoms with Crippen molar-refractivity contribution in [2.75, 3.05) is 0 Å². The predicted molar refractivity (Wildman–Crippen MR) is 57.7 cm³/mol. The van der Waals surface area contributed by atoms with Gasteiger partial charge in [-0.1, -0.05) is 18.7 Å². The van der Waals surface area contributed by atoms with E-state index in [0.29, 0.717) is 0 Å². The second kappa shape index (κ2) is 4.13. The van der Waals surface area contributed by atoms with Crippen molar-refractivity contribution < 1.29 is 0 Å². The summed E-state index contributed by atoms with van der Waals surface area (Å²) in [6, 6.07) is 4.34. The molecule has 13 heavy (non-hydrogen) atoms. The summed E-state index contributed by atoms with van der Waals surface area (Å²) in [7, 11) is 0. The van der Waals surface area contributed by atoms with Crippen LogP contribution in [-0.2, 0) is 6.54 Å². The lowest BCUT2D eigenvalue weighted by atomic mass is 9.99. The van der Waals surface area contributed by atoms with Gasteiger partial charge in [-0.15, -0.1) is 0 Å². The zero-order valence-electron chi connectivity index (χ0n) is 8.65. The molecule has 0 heterocycles. The maximum Gasteiger partial charge on any atom is 0.0397 e. The number of hydrogen-bond donors (Lipinski definition) is 1. The minimum absolute atomic E-state index is 0.871. The Labute approximate surface area is 80.5 Å². The van der Waals surface area contributed by atoms with Crippen LogP contribution in [0, 0.1) is 20.8 Å². The van der Waals surface area contributed by atoms with Crippen LogP contribution in [0.4, 0.5) is 0 Å². The highest BCUT2D eigenvalue weighted by Crippen LogP contribution is 2.16.